The van der Waals surface area contributed by atoms with Crippen LogP contribution in [0.2, 0.25) is 0 Å². The summed E-state index contributed by atoms with van der Waals surface area (Å²) in [4.78, 5) is 10.6. The number of carbonyl (C=O) groups is 1. The number of aldehydes is 1. The molecule has 0 aliphatic heterocycles. The minimum atomic E-state index is 0.468. The summed E-state index contributed by atoms with van der Waals surface area (Å²) in [6, 6.07) is 0. The molecule has 0 saturated heterocycles. The van der Waals surface area contributed by atoms with Crippen LogP contribution >= 0.6 is 0 Å². The highest BCUT2D eigenvalue weighted by molar-refractivity contribution is 5.56. The van der Waals surface area contributed by atoms with Crippen molar-refractivity contribution in [1.29, 1.82) is 0 Å². The monoisotopic (exact) mass is 150 g/mol. The van der Waals surface area contributed by atoms with Crippen molar-refractivity contribution in [3.8, 4) is 0 Å². The van der Waals surface area contributed by atoms with E-state index < -0.39 is 0 Å². The fourth-order valence-corrected chi connectivity index (χ4v) is 3.89. The van der Waals surface area contributed by atoms with E-state index in [-0.39, 0.29) is 0 Å². The molecule has 3 aliphatic carbocycles. The van der Waals surface area contributed by atoms with Crippen LogP contribution in [0, 0.1) is 29.6 Å². The Morgan fingerprint density at radius 3 is 2.64 bits per heavy atom. The molecule has 0 N–H and O–H groups in total. The molecule has 0 radical (unpaired) electrons. The van der Waals surface area contributed by atoms with Gasteiger partial charge in [-0.15, -0.1) is 0 Å². The first-order valence-electron chi connectivity index (χ1n) is 4.85. The zero-order valence-corrected chi connectivity index (χ0v) is 6.70. The van der Waals surface area contributed by atoms with Gasteiger partial charge in [0, 0.05) is 5.92 Å². The predicted octanol–water partition coefficient (Wildman–Crippen LogP) is 1.87. The van der Waals surface area contributed by atoms with Crippen LogP contribution in [-0.4, -0.2) is 6.29 Å². The summed E-state index contributed by atoms with van der Waals surface area (Å²) in [6.45, 7) is 0. The molecule has 3 fully saturated rings. The summed E-state index contributed by atoms with van der Waals surface area (Å²) < 4.78 is 0. The normalized spacial score (nSPS) is 58.7. The van der Waals surface area contributed by atoms with Gasteiger partial charge in [0.2, 0.25) is 0 Å². The number of hydrogen-bond acceptors (Lipinski definition) is 1. The molecule has 0 unspecified atom stereocenters. The molecular weight excluding hydrogens is 136 g/mol. The molecular formula is C10H14O. The lowest BCUT2D eigenvalue weighted by Gasteiger charge is -2.45. The molecule has 3 rings (SSSR count). The highest BCUT2D eigenvalue weighted by Crippen LogP contribution is 2.62. The van der Waals surface area contributed by atoms with Crippen LogP contribution in [0.3, 0.4) is 0 Å². The SMILES string of the molecule is O=C[C@@H]1C[C@H]2[C@@H]3CC[C@@H](C3)[C@H]21. The first kappa shape index (κ1) is 6.22. The first-order valence-corrected chi connectivity index (χ1v) is 4.85. The third-order valence-electron chi connectivity index (χ3n) is 4.37. The summed E-state index contributed by atoms with van der Waals surface area (Å²) in [7, 11) is 0. The van der Waals surface area contributed by atoms with Gasteiger partial charge in [0.05, 0.1) is 0 Å². The van der Waals surface area contributed by atoms with Crippen LogP contribution in [0.5, 0.6) is 0 Å². The molecule has 1 nitrogen and oxygen atoms in total. The summed E-state index contributed by atoms with van der Waals surface area (Å²) in [5.74, 6) is 4.26. The summed E-state index contributed by atoms with van der Waals surface area (Å²) in [5.41, 5.74) is 0. The minimum absolute atomic E-state index is 0.468. The van der Waals surface area contributed by atoms with Crippen molar-refractivity contribution in [3.63, 3.8) is 0 Å². The Labute approximate surface area is 67.2 Å². The fraction of sp³-hybridized carbons (Fsp3) is 0.900. The molecule has 0 spiro atoms. The standard InChI is InChI=1S/C10H14O/c11-5-8-4-9-6-1-2-7(3-6)10(8)9/h5-10H,1-4H2/t6-,7+,8+,9+,10+/m1/s1. The number of carbonyl (C=O) groups excluding carboxylic acids is 1. The molecule has 0 aromatic rings. The van der Waals surface area contributed by atoms with Gasteiger partial charge in [-0.05, 0) is 49.4 Å². The Balaban J connectivity index is 1.85. The largest absolute Gasteiger partial charge is 0.303 e. The number of hydrogen-bond donors (Lipinski definition) is 0. The lowest BCUT2D eigenvalue weighted by molar-refractivity contribution is -0.120. The van der Waals surface area contributed by atoms with Crippen LogP contribution in [-0.2, 0) is 4.79 Å². The topological polar surface area (TPSA) is 17.1 Å². The molecule has 5 atom stereocenters. The van der Waals surface area contributed by atoms with Crippen molar-refractivity contribution in [3.05, 3.63) is 0 Å². The molecule has 60 valence electrons. The average Bonchev–Trinajstić information content (AvgIpc) is 2.43. The van der Waals surface area contributed by atoms with E-state index in [1.54, 1.807) is 0 Å². The van der Waals surface area contributed by atoms with Crippen LogP contribution in [0.15, 0.2) is 0 Å². The van der Waals surface area contributed by atoms with E-state index in [0.29, 0.717) is 5.92 Å². The van der Waals surface area contributed by atoms with Gasteiger partial charge < -0.3 is 4.79 Å². The highest BCUT2D eigenvalue weighted by Gasteiger charge is 2.56. The van der Waals surface area contributed by atoms with Crippen molar-refractivity contribution in [2.45, 2.75) is 25.7 Å². The van der Waals surface area contributed by atoms with Gasteiger partial charge in [0.25, 0.3) is 0 Å². The van der Waals surface area contributed by atoms with Gasteiger partial charge >= 0.3 is 0 Å². The van der Waals surface area contributed by atoms with Crippen LogP contribution in [0.1, 0.15) is 25.7 Å². The van der Waals surface area contributed by atoms with Gasteiger partial charge in [-0.25, -0.2) is 0 Å². The van der Waals surface area contributed by atoms with E-state index in [0.717, 1.165) is 23.7 Å². The smallest absolute Gasteiger partial charge is 0.123 e. The second-order valence-corrected chi connectivity index (χ2v) is 4.61. The maximum Gasteiger partial charge on any atom is 0.123 e. The van der Waals surface area contributed by atoms with Crippen molar-refractivity contribution < 1.29 is 4.79 Å². The second kappa shape index (κ2) is 1.88. The van der Waals surface area contributed by atoms with Gasteiger partial charge in [-0.2, -0.15) is 0 Å². The average molecular weight is 150 g/mol. The molecule has 0 aromatic heterocycles. The Hall–Kier alpha value is -0.330. The summed E-state index contributed by atoms with van der Waals surface area (Å²) in [5, 5.41) is 0. The van der Waals surface area contributed by atoms with Crippen molar-refractivity contribution in [1.82, 2.24) is 0 Å². The Bertz CT molecular complexity index is 197. The Morgan fingerprint density at radius 1 is 1.09 bits per heavy atom. The molecule has 3 saturated carbocycles. The van der Waals surface area contributed by atoms with Gasteiger partial charge in [-0.1, -0.05) is 0 Å². The number of rotatable bonds is 1. The molecule has 0 amide bonds. The fourth-order valence-electron chi connectivity index (χ4n) is 3.89. The molecule has 11 heavy (non-hydrogen) atoms. The van der Waals surface area contributed by atoms with Gasteiger partial charge in [0.1, 0.15) is 6.29 Å². The number of fused-ring (bicyclic) bond motifs is 5. The van der Waals surface area contributed by atoms with Gasteiger partial charge in [-0.3, -0.25) is 0 Å². The third kappa shape index (κ3) is 0.605. The zero-order chi connectivity index (χ0) is 7.42. The lowest BCUT2D eigenvalue weighted by Crippen LogP contribution is -2.41. The molecule has 1 heteroatoms. The van der Waals surface area contributed by atoms with Crippen LogP contribution in [0.25, 0.3) is 0 Å². The van der Waals surface area contributed by atoms with Crippen molar-refractivity contribution >= 4 is 6.29 Å². The maximum absolute atomic E-state index is 10.6. The van der Waals surface area contributed by atoms with E-state index in [2.05, 4.69) is 0 Å². The molecule has 0 heterocycles. The lowest BCUT2D eigenvalue weighted by atomic mass is 9.59. The van der Waals surface area contributed by atoms with E-state index in [1.165, 1.54) is 32.0 Å². The minimum Gasteiger partial charge on any atom is -0.303 e. The maximum atomic E-state index is 10.6. The molecule has 2 bridgehead atoms. The third-order valence-corrected chi connectivity index (χ3v) is 4.37. The van der Waals surface area contributed by atoms with Crippen molar-refractivity contribution in [2.24, 2.45) is 29.6 Å². The van der Waals surface area contributed by atoms with Crippen LogP contribution in [0.4, 0.5) is 0 Å². The highest BCUT2D eigenvalue weighted by atomic mass is 16.1. The second-order valence-electron chi connectivity index (χ2n) is 4.61. The summed E-state index contributed by atoms with van der Waals surface area (Å²) in [6.07, 6.45) is 6.80. The van der Waals surface area contributed by atoms with Crippen molar-refractivity contribution in [2.75, 3.05) is 0 Å². The van der Waals surface area contributed by atoms with E-state index in [9.17, 15) is 4.79 Å². The van der Waals surface area contributed by atoms with E-state index in [4.69, 9.17) is 0 Å². The van der Waals surface area contributed by atoms with Crippen LogP contribution < -0.4 is 0 Å². The summed E-state index contributed by atoms with van der Waals surface area (Å²) >= 11 is 0. The van der Waals surface area contributed by atoms with E-state index >= 15 is 0 Å². The quantitative estimate of drug-likeness (QED) is 0.521. The van der Waals surface area contributed by atoms with E-state index in [1.807, 2.05) is 0 Å². The predicted molar refractivity (Wildman–Crippen MR) is 42.0 cm³/mol. The molecule has 0 aromatic carbocycles. The molecule has 3 aliphatic rings. The van der Waals surface area contributed by atoms with Gasteiger partial charge in [0.15, 0.2) is 0 Å². The Kier molecular flexibility index (Phi) is 1.06. The zero-order valence-electron chi connectivity index (χ0n) is 6.70. The first-order chi connectivity index (χ1) is 5.40. The Morgan fingerprint density at radius 2 is 1.91 bits per heavy atom.